The highest BCUT2D eigenvalue weighted by molar-refractivity contribution is 5.74. The summed E-state index contributed by atoms with van der Waals surface area (Å²) in [7, 11) is 0. The number of halogens is 1. The van der Waals surface area contributed by atoms with E-state index in [1.807, 2.05) is 0 Å². The number of hydrogen-bond acceptors (Lipinski definition) is 1. The predicted molar refractivity (Wildman–Crippen MR) is 38.5 cm³/mol. The molecule has 0 unspecified atom stereocenters. The van der Waals surface area contributed by atoms with Gasteiger partial charge in [0.05, 0.1) is 6.21 Å². The van der Waals surface area contributed by atoms with Crippen LogP contribution in [0.4, 0.5) is 4.39 Å². The van der Waals surface area contributed by atoms with Crippen LogP contribution in [0, 0.1) is 0 Å². The third kappa shape index (κ3) is 7.34. The quantitative estimate of drug-likeness (QED) is 0.408. The van der Waals surface area contributed by atoms with E-state index in [1.54, 1.807) is 0 Å². The van der Waals surface area contributed by atoms with Crippen LogP contribution in [-0.2, 0) is 0 Å². The lowest BCUT2D eigenvalue weighted by Crippen LogP contribution is -1.79. The molecule has 0 fully saturated rings. The van der Waals surface area contributed by atoms with E-state index in [1.165, 1.54) is 0 Å². The zero-order valence-corrected chi connectivity index (χ0v) is 5.73. The molecule has 0 rings (SSSR count). The van der Waals surface area contributed by atoms with Crippen molar-refractivity contribution < 1.29 is 4.39 Å². The molecule has 0 heterocycles. The van der Waals surface area contributed by atoms with Crippen molar-refractivity contribution in [1.29, 1.82) is 0 Å². The Balaban J connectivity index is 3.15. The summed E-state index contributed by atoms with van der Waals surface area (Å²) < 4.78 is 11.8. The van der Waals surface area contributed by atoms with Crippen molar-refractivity contribution in [3.8, 4) is 0 Å². The fraction of sp³-hybridized carbons (Fsp3) is 0.571. The standard InChI is InChI=1S/C7H12FN/c1-3-4-5-9-6-7(2)8/h6H,2-5H2,1H3/b9-6-. The number of aliphatic imine (C=N–C) groups is 1. The van der Waals surface area contributed by atoms with E-state index in [9.17, 15) is 4.39 Å². The molecule has 0 atom stereocenters. The van der Waals surface area contributed by atoms with Crippen molar-refractivity contribution in [2.45, 2.75) is 19.8 Å². The minimum absolute atomic E-state index is 0.467. The maximum Gasteiger partial charge on any atom is 0.133 e. The fourth-order valence-corrected chi connectivity index (χ4v) is 0.413. The maximum atomic E-state index is 11.8. The van der Waals surface area contributed by atoms with E-state index < -0.39 is 5.83 Å². The zero-order valence-electron chi connectivity index (χ0n) is 5.73. The first-order valence-electron chi connectivity index (χ1n) is 3.11. The molecule has 0 aromatic rings. The molecular formula is C7H12FN. The molecule has 0 saturated heterocycles. The third-order valence-electron chi connectivity index (χ3n) is 0.872. The number of rotatable bonds is 4. The lowest BCUT2D eigenvalue weighted by atomic mass is 10.3. The number of unbranched alkanes of at least 4 members (excludes halogenated alkanes) is 1. The summed E-state index contributed by atoms with van der Waals surface area (Å²) in [6.07, 6.45) is 3.27. The topological polar surface area (TPSA) is 12.4 Å². The second-order valence-electron chi connectivity index (χ2n) is 1.84. The molecule has 0 bridgehead atoms. The molecular weight excluding hydrogens is 117 g/mol. The Bertz CT molecular complexity index is 107. The number of allylic oxidation sites excluding steroid dienone is 1. The molecule has 9 heavy (non-hydrogen) atoms. The van der Waals surface area contributed by atoms with Crippen LogP contribution in [-0.4, -0.2) is 12.8 Å². The van der Waals surface area contributed by atoms with E-state index in [2.05, 4.69) is 18.5 Å². The second kappa shape index (κ2) is 5.48. The predicted octanol–water partition coefficient (Wildman–Crippen LogP) is 2.34. The summed E-state index contributed by atoms with van der Waals surface area (Å²) in [4.78, 5) is 3.76. The zero-order chi connectivity index (χ0) is 7.11. The Morgan fingerprint density at radius 3 is 2.89 bits per heavy atom. The van der Waals surface area contributed by atoms with Crippen LogP contribution in [0.2, 0.25) is 0 Å². The Kier molecular flexibility index (Phi) is 5.07. The van der Waals surface area contributed by atoms with Gasteiger partial charge in [-0.25, -0.2) is 4.39 Å². The molecule has 0 spiro atoms. The van der Waals surface area contributed by atoms with E-state index >= 15 is 0 Å². The van der Waals surface area contributed by atoms with Gasteiger partial charge in [0.25, 0.3) is 0 Å². The van der Waals surface area contributed by atoms with Crippen molar-refractivity contribution in [2.24, 2.45) is 4.99 Å². The number of nitrogens with zero attached hydrogens (tertiary/aromatic N) is 1. The molecule has 0 N–H and O–H groups in total. The summed E-state index contributed by atoms with van der Waals surface area (Å²) in [5, 5.41) is 0. The van der Waals surface area contributed by atoms with Crippen LogP contribution in [0.15, 0.2) is 17.4 Å². The average molecular weight is 129 g/mol. The van der Waals surface area contributed by atoms with Gasteiger partial charge >= 0.3 is 0 Å². The van der Waals surface area contributed by atoms with Crippen LogP contribution in [0.25, 0.3) is 0 Å². The average Bonchev–Trinajstić information content (AvgIpc) is 1.80. The molecule has 0 radical (unpaired) electrons. The highest BCUT2D eigenvalue weighted by Crippen LogP contribution is 1.88. The Hall–Kier alpha value is -0.660. The van der Waals surface area contributed by atoms with Crippen LogP contribution >= 0.6 is 0 Å². The van der Waals surface area contributed by atoms with Crippen molar-refractivity contribution in [2.75, 3.05) is 6.54 Å². The Labute approximate surface area is 55.3 Å². The molecule has 0 aliphatic rings. The van der Waals surface area contributed by atoms with Gasteiger partial charge < -0.3 is 0 Å². The van der Waals surface area contributed by atoms with E-state index in [0.717, 1.165) is 19.1 Å². The molecule has 0 aliphatic heterocycles. The molecule has 0 aromatic carbocycles. The monoisotopic (exact) mass is 129 g/mol. The minimum Gasteiger partial charge on any atom is -0.290 e. The first kappa shape index (κ1) is 8.34. The van der Waals surface area contributed by atoms with Gasteiger partial charge in [-0.3, -0.25) is 4.99 Å². The van der Waals surface area contributed by atoms with Gasteiger partial charge in [-0.05, 0) is 6.42 Å². The molecule has 52 valence electrons. The highest BCUT2D eigenvalue weighted by Gasteiger charge is 1.79. The second-order valence-corrected chi connectivity index (χ2v) is 1.84. The summed E-state index contributed by atoms with van der Waals surface area (Å²) in [5.41, 5.74) is 0. The smallest absolute Gasteiger partial charge is 0.133 e. The van der Waals surface area contributed by atoms with E-state index in [-0.39, 0.29) is 0 Å². The largest absolute Gasteiger partial charge is 0.290 e. The van der Waals surface area contributed by atoms with Gasteiger partial charge in [0.2, 0.25) is 0 Å². The lowest BCUT2D eigenvalue weighted by Gasteiger charge is -1.86. The van der Waals surface area contributed by atoms with Crippen molar-refractivity contribution >= 4 is 6.21 Å². The SMILES string of the molecule is C=C(F)/C=N\CCCC. The van der Waals surface area contributed by atoms with Crippen LogP contribution in [0.1, 0.15) is 19.8 Å². The molecule has 0 amide bonds. The first-order chi connectivity index (χ1) is 4.27. The summed E-state index contributed by atoms with van der Waals surface area (Å²) in [6, 6.07) is 0. The first-order valence-corrected chi connectivity index (χ1v) is 3.11. The summed E-state index contributed by atoms with van der Waals surface area (Å²) in [5.74, 6) is -0.467. The molecule has 0 aliphatic carbocycles. The van der Waals surface area contributed by atoms with Crippen LogP contribution in [0.3, 0.4) is 0 Å². The van der Waals surface area contributed by atoms with Gasteiger partial charge in [0, 0.05) is 6.54 Å². The van der Waals surface area contributed by atoms with Crippen molar-refractivity contribution in [1.82, 2.24) is 0 Å². The van der Waals surface area contributed by atoms with Gasteiger partial charge in [0.15, 0.2) is 0 Å². The lowest BCUT2D eigenvalue weighted by molar-refractivity contribution is 0.688. The molecule has 0 saturated carbocycles. The summed E-state index contributed by atoms with van der Waals surface area (Å²) >= 11 is 0. The molecule has 2 heteroatoms. The van der Waals surface area contributed by atoms with Crippen molar-refractivity contribution in [3.05, 3.63) is 12.4 Å². The summed E-state index contributed by atoms with van der Waals surface area (Å²) in [6.45, 7) is 5.81. The molecule has 0 aromatic heterocycles. The van der Waals surface area contributed by atoms with Gasteiger partial charge in [-0.15, -0.1) is 0 Å². The van der Waals surface area contributed by atoms with Crippen LogP contribution in [0.5, 0.6) is 0 Å². The van der Waals surface area contributed by atoms with Gasteiger partial charge in [0.1, 0.15) is 5.83 Å². The normalized spacial score (nSPS) is 10.4. The highest BCUT2D eigenvalue weighted by atomic mass is 19.1. The Morgan fingerprint density at radius 2 is 2.44 bits per heavy atom. The maximum absolute atomic E-state index is 11.8. The van der Waals surface area contributed by atoms with Gasteiger partial charge in [-0.2, -0.15) is 0 Å². The minimum atomic E-state index is -0.467. The third-order valence-corrected chi connectivity index (χ3v) is 0.872. The van der Waals surface area contributed by atoms with E-state index in [4.69, 9.17) is 0 Å². The van der Waals surface area contributed by atoms with Crippen molar-refractivity contribution in [3.63, 3.8) is 0 Å². The Morgan fingerprint density at radius 1 is 1.78 bits per heavy atom. The van der Waals surface area contributed by atoms with Gasteiger partial charge in [-0.1, -0.05) is 19.9 Å². The van der Waals surface area contributed by atoms with Crippen LogP contribution < -0.4 is 0 Å². The van der Waals surface area contributed by atoms with E-state index in [0.29, 0.717) is 6.54 Å². The molecule has 1 nitrogen and oxygen atoms in total. The number of hydrogen-bond donors (Lipinski definition) is 0. The fourth-order valence-electron chi connectivity index (χ4n) is 0.413.